The van der Waals surface area contributed by atoms with Crippen LogP contribution in [-0.4, -0.2) is 40.5 Å². The molecule has 0 fully saturated rings. The fourth-order valence-electron chi connectivity index (χ4n) is 5.16. The first-order chi connectivity index (χ1) is 21.6. The van der Waals surface area contributed by atoms with Gasteiger partial charge in [-0.05, 0) is 79.9 Å². The van der Waals surface area contributed by atoms with Crippen LogP contribution >= 0.6 is 22.9 Å². The van der Waals surface area contributed by atoms with Crippen molar-refractivity contribution in [3.8, 4) is 11.5 Å². The summed E-state index contributed by atoms with van der Waals surface area (Å²) in [6.45, 7) is 6.88. The lowest BCUT2D eigenvalue weighted by atomic mass is 9.94. The summed E-state index contributed by atoms with van der Waals surface area (Å²) >= 11 is 7.43. The average molecular weight is 647 g/mol. The Hall–Kier alpha value is -4.74. The van der Waals surface area contributed by atoms with Gasteiger partial charge in [0.05, 0.1) is 33.9 Å². The van der Waals surface area contributed by atoms with Crippen molar-refractivity contribution < 1.29 is 19.2 Å². The Labute approximate surface area is 268 Å². The second-order valence-corrected chi connectivity index (χ2v) is 11.7. The highest BCUT2D eigenvalue weighted by atomic mass is 35.5. The van der Waals surface area contributed by atoms with Crippen LogP contribution in [-0.2, 0) is 11.4 Å². The molecule has 0 radical (unpaired) electrons. The number of nitro benzene ring substituents is 1. The van der Waals surface area contributed by atoms with Crippen LogP contribution < -0.4 is 24.4 Å². The van der Waals surface area contributed by atoms with Gasteiger partial charge in [0, 0.05) is 30.2 Å². The molecule has 0 bridgehead atoms. The van der Waals surface area contributed by atoms with Gasteiger partial charge < -0.3 is 14.4 Å². The number of aromatic nitrogens is 1. The zero-order valence-corrected chi connectivity index (χ0v) is 26.7. The van der Waals surface area contributed by atoms with Crippen LogP contribution in [0, 0.1) is 10.1 Å². The first-order valence-electron chi connectivity index (χ1n) is 14.3. The molecule has 3 aromatic carbocycles. The van der Waals surface area contributed by atoms with Crippen molar-refractivity contribution >= 4 is 40.6 Å². The van der Waals surface area contributed by atoms with E-state index in [0.29, 0.717) is 55.8 Å². The van der Waals surface area contributed by atoms with Crippen molar-refractivity contribution in [3.05, 3.63) is 130 Å². The number of carbonyl (C=O) groups excluding carboxylic acids is 1. The highest BCUT2D eigenvalue weighted by Crippen LogP contribution is 2.32. The van der Waals surface area contributed by atoms with Gasteiger partial charge in [0.25, 0.3) is 17.2 Å². The Morgan fingerprint density at radius 2 is 1.78 bits per heavy atom. The number of hydrogen-bond donors (Lipinski definition) is 0. The van der Waals surface area contributed by atoms with Crippen LogP contribution in [0.2, 0.25) is 5.02 Å². The molecule has 1 atom stereocenters. The molecule has 5 rings (SSSR count). The summed E-state index contributed by atoms with van der Waals surface area (Å²) in [6, 6.07) is 17.9. The van der Waals surface area contributed by atoms with Crippen LogP contribution in [0.5, 0.6) is 11.5 Å². The van der Waals surface area contributed by atoms with Gasteiger partial charge in [0.1, 0.15) is 6.61 Å². The van der Waals surface area contributed by atoms with Crippen LogP contribution in [0.4, 0.5) is 5.69 Å². The molecule has 1 aliphatic rings. The number of methoxy groups -OCH3 is 1. The quantitative estimate of drug-likeness (QED) is 0.172. The number of halogens is 1. The van der Waals surface area contributed by atoms with E-state index in [9.17, 15) is 19.7 Å². The van der Waals surface area contributed by atoms with E-state index < -0.39 is 11.0 Å². The summed E-state index contributed by atoms with van der Waals surface area (Å²) < 4.78 is 13.5. The minimum atomic E-state index is -0.668. The Morgan fingerprint density at radius 3 is 2.40 bits per heavy atom. The number of allylic oxidation sites excluding steroid dienone is 1. The first kappa shape index (κ1) is 31.7. The molecule has 45 heavy (non-hydrogen) atoms. The number of nitrogens with zero attached hydrogens (tertiary/aromatic N) is 4. The topological polar surface area (TPSA) is 116 Å². The molecule has 0 N–H and O–H groups in total. The van der Waals surface area contributed by atoms with Gasteiger partial charge >= 0.3 is 0 Å². The molecule has 1 aromatic heterocycles. The zero-order chi connectivity index (χ0) is 32.2. The van der Waals surface area contributed by atoms with Gasteiger partial charge in [-0.25, -0.2) is 4.99 Å². The number of fused-ring (bicyclic) bond motifs is 1. The van der Waals surface area contributed by atoms with E-state index in [2.05, 4.69) is 0 Å². The van der Waals surface area contributed by atoms with Crippen LogP contribution in [0.15, 0.2) is 87.8 Å². The van der Waals surface area contributed by atoms with Crippen molar-refractivity contribution in [1.29, 1.82) is 0 Å². The molecule has 2 heterocycles. The molecular weight excluding hydrogens is 616 g/mol. The molecule has 0 unspecified atom stereocenters. The van der Waals surface area contributed by atoms with Crippen LogP contribution in [0.3, 0.4) is 0 Å². The molecule has 0 saturated heterocycles. The standard InChI is InChI=1S/C33H31ClN4O6S/c1-5-36(6-2)32(40)29-20(3)35-33-37(30(29)23-10-12-24(34)13-11-23)31(39)28(45-33)18-22-9-16-26(27(17-22)43-4)44-19-21-7-14-25(15-8-21)38(41)42/h7-18,30H,5-6,19H2,1-4H3/b28-18+/t30-/m1/s1. The van der Waals surface area contributed by atoms with E-state index in [4.69, 9.17) is 26.1 Å². The number of thiazole rings is 1. The number of hydrogen-bond acceptors (Lipinski definition) is 8. The fraction of sp³-hybridized carbons (Fsp3) is 0.242. The minimum absolute atomic E-state index is 0.00678. The SMILES string of the molecule is CCN(CC)C(=O)C1=C(C)N=c2s/c(=C/c3ccc(OCc4ccc([N+](=O)[O-])cc4)c(OC)c3)c(=O)n2[C@@H]1c1ccc(Cl)cc1. The number of benzene rings is 3. The molecule has 1 aliphatic heterocycles. The van der Waals surface area contributed by atoms with Gasteiger partial charge in [-0.15, -0.1) is 0 Å². The second kappa shape index (κ2) is 13.5. The lowest BCUT2D eigenvalue weighted by Crippen LogP contribution is -2.43. The Balaban J connectivity index is 1.51. The maximum absolute atomic E-state index is 14.0. The number of nitro groups is 1. The number of likely N-dealkylation sites (N-methyl/N-ethyl adjacent to an activating group) is 1. The van der Waals surface area contributed by atoms with Crippen molar-refractivity contribution in [3.63, 3.8) is 0 Å². The number of rotatable bonds is 10. The first-order valence-corrected chi connectivity index (χ1v) is 15.5. The normalized spacial score (nSPS) is 14.5. The lowest BCUT2D eigenvalue weighted by molar-refractivity contribution is -0.384. The molecule has 12 heteroatoms. The molecule has 0 aliphatic carbocycles. The van der Waals surface area contributed by atoms with E-state index in [0.717, 1.165) is 11.1 Å². The van der Waals surface area contributed by atoms with Crippen molar-refractivity contribution in [2.45, 2.75) is 33.4 Å². The van der Waals surface area contributed by atoms with Crippen LogP contribution in [0.25, 0.3) is 6.08 Å². The average Bonchev–Trinajstić information content (AvgIpc) is 3.34. The summed E-state index contributed by atoms with van der Waals surface area (Å²) in [7, 11) is 1.52. The minimum Gasteiger partial charge on any atom is -0.493 e. The van der Waals surface area contributed by atoms with Crippen molar-refractivity contribution in [2.75, 3.05) is 20.2 Å². The fourth-order valence-corrected chi connectivity index (χ4v) is 6.33. The summed E-state index contributed by atoms with van der Waals surface area (Å²) in [4.78, 5) is 45.2. The van der Waals surface area contributed by atoms with E-state index >= 15 is 0 Å². The molecule has 1 amide bonds. The van der Waals surface area contributed by atoms with Gasteiger partial charge in [-0.2, -0.15) is 0 Å². The van der Waals surface area contributed by atoms with E-state index in [1.54, 1.807) is 58.9 Å². The van der Waals surface area contributed by atoms with Gasteiger partial charge in [-0.3, -0.25) is 24.3 Å². The van der Waals surface area contributed by atoms with Gasteiger partial charge in [0.15, 0.2) is 16.3 Å². The summed E-state index contributed by atoms with van der Waals surface area (Å²) in [5.74, 6) is 0.775. The predicted octanol–water partition coefficient (Wildman–Crippen LogP) is 5.25. The molecular formula is C33H31ClN4O6S. The lowest BCUT2D eigenvalue weighted by Gasteiger charge is -2.29. The second-order valence-electron chi connectivity index (χ2n) is 10.2. The number of ether oxygens (including phenoxy) is 2. The monoisotopic (exact) mass is 646 g/mol. The largest absolute Gasteiger partial charge is 0.493 e. The maximum Gasteiger partial charge on any atom is 0.271 e. The van der Waals surface area contributed by atoms with Crippen molar-refractivity contribution in [1.82, 2.24) is 9.47 Å². The number of carbonyl (C=O) groups is 1. The third-order valence-electron chi connectivity index (χ3n) is 7.52. The molecule has 0 saturated carbocycles. The smallest absolute Gasteiger partial charge is 0.271 e. The number of amides is 1. The number of non-ortho nitro benzene ring substituents is 1. The van der Waals surface area contributed by atoms with E-state index in [1.807, 2.05) is 32.0 Å². The molecule has 10 nitrogen and oxygen atoms in total. The van der Waals surface area contributed by atoms with E-state index in [-0.39, 0.29) is 23.8 Å². The third kappa shape index (κ3) is 6.54. The molecule has 0 spiro atoms. The third-order valence-corrected chi connectivity index (χ3v) is 8.75. The zero-order valence-electron chi connectivity index (χ0n) is 25.2. The summed E-state index contributed by atoms with van der Waals surface area (Å²) in [5, 5.41) is 11.5. The summed E-state index contributed by atoms with van der Waals surface area (Å²) in [6.07, 6.45) is 1.76. The molecule has 232 valence electrons. The van der Waals surface area contributed by atoms with Crippen LogP contribution in [0.1, 0.15) is 43.5 Å². The maximum atomic E-state index is 14.0. The highest BCUT2D eigenvalue weighted by Gasteiger charge is 2.34. The highest BCUT2D eigenvalue weighted by molar-refractivity contribution is 7.07. The Morgan fingerprint density at radius 1 is 1.09 bits per heavy atom. The Kier molecular flexibility index (Phi) is 9.50. The predicted molar refractivity (Wildman–Crippen MR) is 174 cm³/mol. The van der Waals surface area contributed by atoms with Gasteiger partial charge in [-0.1, -0.05) is 41.1 Å². The molecule has 4 aromatic rings. The van der Waals surface area contributed by atoms with Crippen molar-refractivity contribution in [2.24, 2.45) is 4.99 Å². The summed E-state index contributed by atoms with van der Waals surface area (Å²) in [5.41, 5.74) is 2.98. The Bertz CT molecular complexity index is 1960. The van der Waals surface area contributed by atoms with Gasteiger partial charge in [0.2, 0.25) is 0 Å². The van der Waals surface area contributed by atoms with E-state index in [1.165, 1.54) is 30.6 Å².